The molecule has 2 saturated heterocycles. The molecular weight excluding hydrogens is 395 g/mol. The lowest BCUT2D eigenvalue weighted by Crippen LogP contribution is -2.56. The standard InChI is InChI=1S/C25H31FN2O3/c1-31-22-8-4-19(5-9-22)25(30)20-10-14-28(15-11-20)23-17-27(13-12-24(23)29)16-18-2-6-21(26)7-3-18/h2-9,20,23-24,29H,10-17H2,1H3. The van der Waals surface area contributed by atoms with E-state index in [2.05, 4.69) is 9.80 Å². The van der Waals surface area contributed by atoms with Crippen LogP contribution in [-0.2, 0) is 6.54 Å². The van der Waals surface area contributed by atoms with Crippen molar-refractivity contribution in [1.82, 2.24) is 9.80 Å². The van der Waals surface area contributed by atoms with Crippen molar-refractivity contribution < 1.29 is 19.0 Å². The third kappa shape index (κ3) is 5.32. The summed E-state index contributed by atoms with van der Waals surface area (Å²) in [6.07, 6.45) is 2.01. The van der Waals surface area contributed by atoms with E-state index in [9.17, 15) is 14.3 Å². The number of halogens is 1. The van der Waals surface area contributed by atoms with Crippen LogP contribution in [-0.4, -0.2) is 66.1 Å². The van der Waals surface area contributed by atoms with Crippen molar-refractivity contribution in [3.8, 4) is 5.75 Å². The first kappa shape index (κ1) is 21.9. The molecule has 2 fully saturated rings. The Morgan fingerprint density at radius 2 is 1.71 bits per heavy atom. The quantitative estimate of drug-likeness (QED) is 0.718. The second-order valence-corrected chi connectivity index (χ2v) is 8.69. The van der Waals surface area contributed by atoms with Crippen molar-refractivity contribution >= 4 is 5.78 Å². The van der Waals surface area contributed by atoms with Gasteiger partial charge in [0.15, 0.2) is 5.78 Å². The molecule has 5 nitrogen and oxygen atoms in total. The number of hydrogen-bond acceptors (Lipinski definition) is 5. The van der Waals surface area contributed by atoms with Crippen LogP contribution in [0.4, 0.5) is 4.39 Å². The van der Waals surface area contributed by atoms with Crippen molar-refractivity contribution in [3.63, 3.8) is 0 Å². The van der Waals surface area contributed by atoms with Crippen molar-refractivity contribution in [2.24, 2.45) is 5.92 Å². The maximum Gasteiger partial charge on any atom is 0.166 e. The molecule has 2 unspecified atom stereocenters. The lowest BCUT2D eigenvalue weighted by molar-refractivity contribution is -0.0243. The summed E-state index contributed by atoms with van der Waals surface area (Å²) in [4.78, 5) is 17.6. The number of Topliss-reactive ketones (excluding diaryl/α,β-unsaturated/α-hetero) is 1. The highest BCUT2D eigenvalue weighted by Crippen LogP contribution is 2.27. The molecule has 0 bridgehead atoms. The van der Waals surface area contributed by atoms with Crippen molar-refractivity contribution in [2.45, 2.75) is 38.0 Å². The Kier molecular flexibility index (Phi) is 7.00. The van der Waals surface area contributed by atoms with Gasteiger partial charge in [0.2, 0.25) is 0 Å². The van der Waals surface area contributed by atoms with Crippen molar-refractivity contribution in [3.05, 3.63) is 65.5 Å². The average Bonchev–Trinajstić information content (AvgIpc) is 2.81. The average molecular weight is 427 g/mol. The van der Waals surface area contributed by atoms with E-state index in [4.69, 9.17) is 4.74 Å². The first-order valence-electron chi connectivity index (χ1n) is 11.1. The molecule has 2 aromatic rings. The number of aliphatic hydroxyl groups excluding tert-OH is 1. The molecule has 4 rings (SSSR count). The summed E-state index contributed by atoms with van der Waals surface area (Å²) in [6, 6.07) is 14.1. The number of piperidine rings is 2. The number of aliphatic hydroxyl groups is 1. The fourth-order valence-electron chi connectivity index (χ4n) is 4.82. The minimum absolute atomic E-state index is 0.0284. The summed E-state index contributed by atoms with van der Waals surface area (Å²) in [7, 11) is 1.62. The molecule has 2 atom stereocenters. The number of ketones is 1. The summed E-state index contributed by atoms with van der Waals surface area (Å²) in [5.41, 5.74) is 1.82. The summed E-state index contributed by atoms with van der Waals surface area (Å²) >= 11 is 0. The summed E-state index contributed by atoms with van der Waals surface area (Å²) in [5.74, 6) is 0.760. The number of benzene rings is 2. The lowest BCUT2D eigenvalue weighted by atomic mass is 9.87. The van der Waals surface area contributed by atoms with Gasteiger partial charge in [-0.2, -0.15) is 0 Å². The van der Waals surface area contributed by atoms with E-state index >= 15 is 0 Å². The number of likely N-dealkylation sites (tertiary alicyclic amines) is 2. The van der Waals surface area contributed by atoms with Gasteiger partial charge in [0.25, 0.3) is 0 Å². The van der Waals surface area contributed by atoms with Crippen LogP contribution in [0.3, 0.4) is 0 Å². The molecule has 2 aliphatic rings. The Labute approximate surface area is 183 Å². The first-order valence-corrected chi connectivity index (χ1v) is 11.1. The second-order valence-electron chi connectivity index (χ2n) is 8.69. The molecule has 2 aromatic carbocycles. The Morgan fingerprint density at radius 3 is 2.35 bits per heavy atom. The third-order valence-electron chi connectivity index (χ3n) is 6.69. The smallest absolute Gasteiger partial charge is 0.166 e. The molecule has 2 aliphatic heterocycles. The van der Waals surface area contributed by atoms with Crippen LogP contribution < -0.4 is 4.74 Å². The molecule has 0 saturated carbocycles. The molecule has 0 aliphatic carbocycles. The van der Waals surface area contributed by atoms with Crippen LogP contribution in [0.2, 0.25) is 0 Å². The zero-order valence-electron chi connectivity index (χ0n) is 18.0. The fourth-order valence-corrected chi connectivity index (χ4v) is 4.82. The molecule has 31 heavy (non-hydrogen) atoms. The number of hydrogen-bond donors (Lipinski definition) is 1. The van der Waals surface area contributed by atoms with E-state index in [0.717, 1.165) is 68.9 Å². The van der Waals surface area contributed by atoms with Gasteiger partial charge in [-0.3, -0.25) is 14.6 Å². The van der Waals surface area contributed by atoms with Gasteiger partial charge in [-0.1, -0.05) is 12.1 Å². The van der Waals surface area contributed by atoms with Crippen LogP contribution in [0.25, 0.3) is 0 Å². The van der Waals surface area contributed by atoms with Crippen LogP contribution in [0.1, 0.15) is 35.2 Å². The Balaban J connectivity index is 1.32. The van der Waals surface area contributed by atoms with E-state index in [-0.39, 0.29) is 29.7 Å². The molecule has 166 valence electrons. The lowest BCUT2D eigenvalue weighted by Gasteiger charge is -2.44. The van der Waals surface area contributed by atoms with Crippen LogP contribution in [0, 0.1) is 11.7 Å². The van der Waals surface area contributed by atoms with Gasteiger partial charge in [0.05, 0.1) is 13.2 Å². The minimum atomic E-state index is -0.349. The Morgan fingerprint density at radius 1 is 1.03 bits per heavy atom. The number of methoxy groups -OCH3 is 1. The van der Waals surface area contributed by atoms with E-state index in [1.165, 1.54) is 12.1 Å². The summed E-state index contributed by atoms with van der Waals surface area (Å²) < 4.78 is 18.3. The van der Waals surface area contributed by atoms with Crippen LogP contribution >= 0.6 is 0 Å². The maximum absolute atomic E-state index is 13.2. The number of rotatable bonds is 6. The number of nitrogens with zero attached hydrogens (tertiary/aromatic N) is 2. The highest BCUT2D eigenvalue weighted by Gasteiger charge is 2.35. The van der Waals surface area contributed by atoms with Crippen molar-refractivity contribution in [1.29, 1.82) is 0 Å². The zero-order chi connectivity index (χ0) is 21.8. The van der Waals surface area contributed by atoms with Crippen LogP contribution in [0.5, 0.6) is 5.75 Å². The second kappa shape index (κ2) is 9.90. The third-order valence-corrected chi connectivity index (χ3v) is 6.69. The van der Waals surface area contributed by atoms with Gasteiger partial charge in [-0.25, -0.2) is 4.39 Å². The normalized spacial score (nSPS) is 23.6. The minimum Gasteiger partial charge on any atom is -0.497 e. The molecule has 0 aromatic heterocycles. The summed E-state index contributed by atoms with van der Waals surface area (Å²) in [5, 5.41) is 10.6. The van der Waals surface area contributed by atoms with Gasteiger partial charge in [0.1, 0.15) is 11.6 Å². The zero-order valence-corrected chi connectivity index (χ0v) is 18.0. The SMILES string of the molecule is COc1ccc(C(=O)C2CCN(C3CN(Cc4ccc(F)cc4)CCC3O)CC2)cc1. The Hall–Kier alpha value is -2.28. The van der Waals surface area contributed by atoms with Crippen LogP contribution in [0.15, 0.2) is 48.5 Å². The van der Waals surface area contributed by atoms with Gasteiger partial charge in [-0.15, -0.1) is 0 Å². The number of carbonyl (C=O) groups excluding carboxylic acids is 1. The maximum atomic E-state index is 13.2. The van der Waals surface area contributed by atoms with Gasteiger partial charge in [0, 0.05) is 37.2 Å². The molecule has 2 heterocycles. The molecule has 1 N–H and O–H groups in total. The molecule has 0 amide bonds. The molecular formula is C25H31FN2O3. The van der Waals surface area contributed by atoms with Gasteiger partial charge < -0.3 is 9.84 Å². The predicted molar refractivity (Wildman–Crippen MR) is 118 cm³/mol. The van der Waals surface area contributed by atoms with Gasteiger partial charge in [-0.05, 0) is 74.3 Å². The molecule has 6 heteroatoms. The fraction of sp³-hybridized carbons (Fsp3) is 0.480. The first-order chi connectivity index (χ1) is 15.0. The monoisotopic (exact) mass is 426 g/mol. The van der Waals surface area contributed by atoms with Gasteiger partial charge >= 0.3 is 0 Å². The number of carbonyl (C=O) groups is 1. The Bertz CT molecular complexity index is 863. The van der Waals surface area contributed by atoms with E-state index in [1.54, 1.807) is 7.11 Å². The topological polar surface area (TPSA) is 53.0 Å². The van der Waals surface area contributed by atoms with E-state index in [0.29, 0.717) is 0 Å². The molecule has 0 spiro atoms. The highest BCUT2D eigenvalue weighted by atomic mass is 19.1. The van der Waals surface area contributed by atoms with E-state index < -0.39 is 0 Å². The predicted octanol–water partition coefficient (Wildman–Crippen LogP) is 3.36. The largest absolute Gasteiger partial charge is 0.497 e. The number of ether oxygens (including phenoxy) is 1. The van der Waals surface area contributed by atoms with E-state index in [1.807, 2.05) is 36.4 Å². The summed E-state index contributed by atoms with van der Waals surface area (Å²) in [6.45, 7) is 4.02. The van der Waals surface area contributed by atoms with Crippen molar-refractivity contribution in [2.75, 3.05) is 33.3 Å². The molecule has 0 radical (unpaired) electrons. The highest BCUT2D eigenvalue weighted by molar-refractivity contribution is 5.98.